The molecule has 20 heavy (non-hydrogen) atoms. The van der Waals surface area contributed by atoms with Gasteiger partial charge in [0.1, 0.15) is 0 Å². The molecule has 3 rings (SSSR count). The van der Waals surface area contributed by atoms with Crippen LogP contribution in [0.5, 0.6) is 0 Å². The summed E-state index contributed by atoms with van der Waals surface area (Å²) in [5, 5.41) is 7.40. The number of hydrogen-bond acceptors (Lipinski definition) is 5. The van der Waals surface area contributed by atoms with E-state index in [0.717, 1.165) is 42.6 Å². The lowest BCUT2D eigenvalue weighted by Gasteiger charge is -2.34. The van der Waals surface area contributed by atoms with Gasteiger partial charge < -0.3 is 10.6 Å². The number of nitrogens with zero attached hydrogens (tertiary/aromatic N) is 3. The third kappa shape index (κ3) is 2.58. The van der Waals surface area contributed by atoms with Crippen molar-refractivity contribution in [2.75, 3.05) is 18.0 Å². The van der Waals surface area contributed by atoms with E-state index in [1.807, 2.05) is 0 Å². The van der Waals surface area contributed by atoms with Crippen LogP contribution in [0.2, 0.25) is 0 Å². The number of anilines is 1. The summed E-state index contributed by atoms with van der Waals surface area (Å²) in [7, 11) is 0. The summed E-state index contributed by atoms with van der Waals surface area (Å²) in [5.41, 5.74) is 6.14. The summed E-state index contributed by atoms with van der Waals surface area (Å²) in [6.45, 7) is 6.20. The van der Waals surface area contributed by atoms with Crippen molar-refractivity contribution in [1.29, 1.82) is 0 Å². The molecule has 0 saturated carbocycles. The molecule has 108 valence electrons. The van der Waals surface area contributed by atoms with Crippen LogP contribution < -0.4 is 10.6 Å². The largest absolute Gasteiger partial charge is 0.338 e. The fourth-order valence-corrected chi connectivity index (χ4v) is 3.37. The quantitative estimate of drug-likeness (QED) is 0.910. The standard InChI is InChI=1S/C14H21N5S/c1-3-10-4-5-12(20-10)13-16-14(18-17-13)19-7-6-9(2)11(15)8-19/h4-5,9,11H,3,6-8,15H2,1-2H3,(H,16,17,18). The third-order valence-corrected chi connectivity index (χ3v) is 5.25. The Kier molecular flexibility index (Phi) is 3.76. The van der Waals surface area contributed by atoms with Gasteiger partial charge in [-0.1, -0.05) is 13.8 Å². The van der Waals surface area contributed by atoms with Gasteiger partial charge in [-0.15, -0.1) is 16.4 Å². The highest BCUT2D eigenvalue weighted by Gasteiger charge is 2.25. The molecule has 0 bridgehead atoms. The highest BCUT2D eigenvalue weighted by atomic mass is 32.1. The van der Waals surface area contributed by atoms with Gasteiger partial charge in [-0.3, -0.25) is 5.10 Å². The Morgan fingerprint density at radius 3 is 3.05 bits per heavy atom. The SMILES string of the molecule is CCc1ccc(-c2nc(N3CCC(C)C(N)C3)n[nH]2)s1. The smallest absolute Gasteiger partial charge is 0.245 e. The second kappa shape index (κ2) is 5.54. The summed E-state index contributed by atoms with van der Waals surface area (Å²) in [6, 6.07) is 4.47. The number of hydrogen-bond donors (Lipinski definition) is 2. The fourth-order valence-electron chi connectivity index (χ4n) is 2.48. The molecule has 0 spiro atoms. The number of piperidine rings is 1. The minimum absolute atomic E-state index is 0.208. The van der Waals surface area contributed by atoms with E-state index in [2.05, 4.69) is 46.1 Å². The topological polar surface area (TPSA) is 70.8 Å². The van der Waals surface area contributed by atoms with E-state index in [0.29, 0.717) is 5.92 Å². The predicted octanol–water partition coefficient (Wildman–Crippen LogP) is 2.27. The third-order valence-electron chi connectivity index (χ3n) is 4.02. The van der Waals surface area contributed by atoms with Crippen LogP contribution in [0.4, 0.5) is 5.95 Å². The van der Waals surface area contributed by atoms with Crippen LogP contribution in [0.25, 0.3) is 10.7 Å². The first-order valence-electron chi connectivity index (χ1n) is 7.19. The van der Waals surface area contributed by atoms with Gasteiger partial charge in [0.2, 0.25) is 5.95 Å². The zero-order chi connectivity index (χ0) is 14.1. The Morgan fingerprint density at radius 2 is 2.35 bits per heavy atom. The number of rotatable bonds is 3. The monoisotopic (exact) mass is 291 g/mol. The van der Waals surface area contributed by atoms with Gasteiger partial charge in [0.15, 0.2) is 5.82 Å². The van der Waals surface area contributed by atoms with Crippen LogP contribution in [0.3, 0.4) is 0 Å². The molecule has 2 aromatic heterocycles. The summed E-state index contributed by atoms with van der Waals surface area (Å²) < 4.78 is 0. The molecule has 0 radical (unpaired) electrons. The van der Waals surface area contributed by atoms with E-state index >= 15 is 0 Å². The van der Waals surface area contributed by atoms with Crippen LogP contribution in [0.1, 0.15) is 25.1 Å². The Bertz CT molecular complexity index is 576. The van der Waals surface area contributed by atoms with Crippen LogP contribution in [0.15, 0.2) is 12.1 Å². The fraction of sp³-hybridized carbons (Fsp3) is 0.571. The lowest BCUT2D eigenvalue weighted by molar-refractivity contribution is 0.376. The van der Waals surface area contributed by atoms with Gasteiger partial charge in [-0.05, 0) is 30.9 Å². The van der Waals surface area contributed by atoms with E-state index in [9.17, 15) is 0 Å². The van der Waals surface area contributed by atoms with Crippen LogP contribution in [-0.2, 0) is 6.42 Å². The van der Waals surface area contributed by atoms with Crippen molar-refractivity contribution in [3.05, 3.63) is 17.0 Å². The second-order valence-electron chi connectivity index (χ2n) is 5.48. The molecule has 0 amide bonds. The Morgan fingerprint density at radius 1 is 1.50 bits per heavy atom. The summed E-state index contributed by atoms with van der Waals surface area (Å²) in [4.78, 5) is 9.32. The number of nitrogens with one attached hydrogen (secondary N) is 1. The maximum atomic E-state index is 6.14. The molecule has 1 aliphatic rings. The first-order chi connectivity index (χ1) is 9.67. The highest BCUT2D eigenvalue weighted by Crippen LogP contribution is 2.27. The van der Waals surface area contributed by atoms with Crippen LogP contribution >= 0.6 is 11.3 Å². The van der Waals surface area contributed by atoms with Gasteiger partial charge in [0.05, 0.1) is 4.88 Å². The maximum absolute atomic E-state index is 6.14. The van der Waals surface area contributed by atoms with Crippen molar-refractivity contribution < 1.29 is 0 Å². The molecule has 1 fully saturated rings. The Balaban J connectivity index is 1.76. The number of thiophene rings is 1. The van der Waals surface area contributed by atoms with Crippen molar-refractivity contribution in [1.82, 2.24) is 15.2 Å². The van der Waals surface area contributed by atoms with Crippen molar-refractivity contribution in [2.45, 2.75) is 32.7 Å². The second-order valence-corrected chi connectivity index (χ2v) is 6.65. The molecule has 1 aliphatic heterocycles. The van der Waals surface area contributed by atoms with Gasteiger partial charge in [-0.2, -0.15) is 4.98 Å². The van der Waals surface area contributed by atoms with E-state index in [4.69, 9.17) is 5.73 Å². The normalized spacial score (nSPS) is 23.2. The van der Waals surface area contributed by atoms with Crippen molar-refractivity contribution >= 4 is 17.3 Å². The summed E-state index contributed by atoms with van der Waals surface area (Å²) >= 11 is 1.77. The van der Waals surface area contributed by atoms with E-state index in [1.165, 1.54) is 4.88 Å². The average molecular weight is 291 g/mol. The minimum Gasteiger partial charge on any atom is -0.338 e. The van der Waals surface area contributed by atoms with E-state index < -0.39 is 0 Å². The first kappa shape index (κ1) is 13.6. The van der Waals surface area contributed by atoms with E-state index in [-0.39, 0.29) is 6.04 Å². The molecule has 5 nitrogen and oxygen atoms in total. The van der Waals surface area contributed by atoms with Crippen LogP contribution in [-0.4, -0.2) is 34.3 Å². The summed E-state index contributed by atoms with van der Waals surface area (Å²) in [5.74, 6) is 2.21. The van der Waals surface area contributed by atoms with Crippen LogP contribution in [0, 0.1) is 5.92 Å². The maximum Gasteiger partial charge on any atom is 0.245 e. The number of H-pyrrole nitrogens is 1. The molecule has 2 unspecified atom stereocenters. The Labute approximate surface area is 123 Å². The van der Waals surface area contributed by atoms with Gasteiger partial charge >= 0.3 is 0 Å². The molecule has 2 atom stereocenters. The van der Waals surface area contributed by atoms with Crippen molar-refractivity contribution in [3.63, 3.8) is 0 Å². The molecular formula is C14H21N5S. The molecule has 1 saturated heterocycles. The van der Waals surface area contributed by atoms with Gasteiger partial charge in [0, 0.05) is 24.0 Å². The summed E-state index contributed by atoms with van der Waals surface area (Å²) in [6.07, 6.45) is 2.16. The first-order valence-corrected chi connectivity index (χ1v) is 8.01. The van der Waals surface area contributed by atoms with Crippen molar-refractivity contribution in [2.24, 2.45) is 11.7 Å². The molecule has 6 heteroatoms. The predicted molar refractivity (Wildman–Crippen MR) is 83.0 cm³/mol. The highest BCUT2D eigenvalue weighted by molar-refractivity contribution is 7.15. The Hall–Kier alpha value is -1.40. The molecule has 0 aliphatic carbocycles. The molecule has 2 aromatic rings. The lowest BCUT2D eigenvalue weighted by Crippen LogP contribution is -2.48. The van der Waals surface area contributed by atoms with Crippen molar-refractivity contribution in [3.8, 4) is 10.7 Å². The zero-order valence-corrected chi connectivity index (χ0v) is 12.8. The average Bonchev–Trinajstić information content (AvgIpc) is 3.09. The lowest BCUT2D eigenvalue weighted by atomic mass is 9.95. The molecule has 3 N–H and O–H groups in total. The number of aryl methyl sites for hydroxylation is 1. The van der Waals surface area contributed by atoms with Gasteiger partial charge in [0.25, 0.3) is 0 Å². The zero-order valence-electron chi connectivity index (χ0n) is 12.0. The molecule has 0 aromatic carbocycles. The number of aromatic amines is 1. The minimum atomic E-state index is 0.208. The van der Waals surface area contributed by atoms with Gasteiger partial charge in [-0.25, -0.2) is 0 Å². The number of nitrogens with two attached hydrogens (primary N) is 1. The molecule has 3 heterocycles. The number of aromatic nitrogens is 3. The van der Waals surface area contributed by atoms with E-state index in [1.54, 1.807) is 11.3 Å². The molecular weight excluding hydrogens is 270 g/mol.